The molecule has 6 saturated carbocycles. The highest BCUT2D eigenvalue weighted by atomic mass is 16.5. The van der Waals surface area contributed by atoms with E-state index in [1.54, 1.807) is 0 Å². The lowest BCUT2D eigenvalue weighted by molar-refractivity contribution is -0.142. The number of nitrogens with zero attached hydrogens (tertiary/aromatic N) is 2. The third-order valence-electron chi connectivity index (χ3n) is 11.4. The van der Waals surface area contributed by atoms with Crippen LogP contribution in [-0.4, -0.2) is 24.0 Å². The molecule has 0 aromatic rings. The van der Waals surface area contributed by atoms with Crippen LogP contribution in [0.1, 0.15) is 65.2 Å². The molecule has 5 nitrogen and oxygen atoms in total. The fourth-order valence-electron chi connectivity index (χ4n) is 10.3. The second kappa shape index (κ2) is 5.73. The average Bonchev–Trinajstić information content (AvgIpc) is 3.37. The van der Waals surface area contributed by atoms with Crippen LogP contribution >= 0.6 is 0 Å². The number of nitrogens with two attached hydrogens (primary N) is 1. The fraction of sp³-hybridized carbons (Fsp3) is 0.957. The first-order valence-electron chi connectivity index (χ1n) is 11.8. The van der Waals surface area contributed by atoms with Gasteiger partial charge in [0, 0.05) is 18.8 Å². The SMILES string of the molecule is C=NNN([O-])C1CCC2C3CCC4C[C@H]5C(N)[C@H]6CC6C(C)(C3CCC21C)C45. The van der Waals surface area contributed by atoms with Crippen molar-refractivity contribution >= 4 is 6.72 Å². The van der Waals surface area contributed by atoms with E-state index in [2.05, 4.69) is 31.2 Å². The monoisotopic (exact) mass is 385 g/mol. The first-order chi connectivity index (χ1) is 13.4. The zero-order chi connectivity index (χ0) is 19.4. The molecule has 0 radical (unpaired) electrons. The van der Waals surface area contributed by atoms with E-state index < -0.39 is 0 Å². The van der Waals surface area contributed by atoms with Crippen molar-refractivity contribution in [3.63, 3.8) is 0 Å². The van der Waals surface area contributed by atoms with Crippen LogP contribution in [0.2, 0.25) is 0 Å². The van der Waals surface area contributed by atoms with Gasteiger partial charge in [-0.3, -0.25) is 10.7 Å². The zero-order valence-corrected chi connectivity index (χ0v) is 17.5. The van der Waals surface area contributed by atoms with Gasteiger partial charge in [-0.05, 0) is 110 Å². The molecule has 0 saturated heterocycles. The molecule has 3 N–H and O–H groups in total. The number of hydrazine groups is 1. The van der Waals surface area contributed by atoms with E-state index in [-0.39, 0.29) is 11.5 Å². The maximum absolute atomic E-state index is 12.6. The molecule has 156 valence electrons. The van der Waals surface area contributed by atoms with E-state index in [1.165, 1.54) is 44.9 Å². The number of nitrogens with one attached hydrogen (secondary N) is 1. The Bertz CT molecular complexity index is 686. The summed E-state index contributed by atoms with van der Waals surface area (Å²) in [6.45, 7) is 8.54. The number of hydrazone groups is 1. The smallest absolute Gasteiger partial charge is 0.0228 e. The zero-order valence-electron chi connectivity index (χ0n) is 17.5. The highest BCUT2D eigenvalue weighted by Gasteiger charge is 2.72. The van der Waals surface area contributed by atoms with Gasteiger partial charge in [0.05, 0.1) is 0 Å². The summed E-state index contributed by atoms with van der Waals surface area (Å²) in [5.74, 6) is 6.69. The van der Waals surface area contributed by atoms with Crippen molar-refractivity contribution < 1.29 is 0 Å². The topological polar surface area (TPSA) is 76.7 Å². The predicted molar refractivity (Wildman–Crippen MR) is 111 cm³/mol. The van der Waals surface area contributed by atoms with Gasteiger partial charge in [-0.1, -0.05) is 13.8 Å². The normalized spacial score (nSPS) is 61.2. The van der Waals surface area contributed by atoms with Crippen molar-refractivity contribution in [2.45, 2.75) is 77.3 Å². The van der Waals surface area contributed by atoms with E-state index in [9.17, 15) is 5.21 Å². The molecule has 0 bridgehead atoms. The van der Waals surface area contributed by atoms with Crippen LogP contribution in [0.15, 0.2) is 5.10 Å². The van der Waals surface area contributed by atoms with Crippen molar-refractivity contribution in [3.8, 4) is 0 Å². The van der Waals surface area contributed by atoms with Gasteiger partial charge >= 0.3 is 0 Å². The van der Waals surface area contributed by atoms with E-state index in [0.29, 0.717) is 17.4 Å². The number of fused-ring (bicyclic) bond motifs is 6. The van der Waals surface area contributed by atoms with Crippen molar-refractivity contribution in [1.29, 1.82) is 0 Å². The third-order valence-corrected chi connectivity index (χ3v) is 11.4. The molecule has 0 heterocycles. The highest BCUT2D eigenvalue weighted by Crippen LogP contribution is 2.76. The Morgan fingerprint density at radius 3 is 2.61 bits per heavy atom. The minimum atomic E-state index is 0.0398. The third kappa shape index (κ3) is 2.02. The van der Waals surface area contributed by atoms with E-state index in [4.69, 9.17) is 5.73 Å². The summed E-state index contributed by atoms with van der Waals surface area (Å²) in [6.07, 6.45) is 10.3. The molecule has 6 aliphatic carbocycles. The lowest BCUT2D eigenvalue weighted by atomic mass is 9.42. The van der Waals surface area contributed by atoms with Crippen LogP contribution in [0, 0.1) is 63.4 Å². The Hall–Kier alpha value is -0.650. The molecule has 6 rings (SSSR count). The summed E-state index contributed by atoms with van der Waals surface area (Å²) in [7, 11) is 0. The molecule has 0 aromatic heterocycles. The minimum Gasteiger partial charge on any atom is -0.766 e. The van der Waals surface area contributed by atoms with E-state index in [1.807, 2.05) is 0 Å². The Balaban J connectivity index is 1.34. The van der Waals surface area contributed by atoms with Crippen molar-refractivity contribution in [3.05, 3.63) is 5.21 Å². The molecule has 0 amide bonds. The summed E-state index contributed by atoms with van der Waals surface area (Å²) in [5, 5.41) is 17.3. The van der Waals surface area contributed by atoms with Crippen molar-refractivity contribution in [2.75, 3.05) is 0 Å². The maximum Gasteiger partial charge on any atom is 0.0228 e. The Labute approximate surface area is 169 Å². The van der Waals surface area contributed by atoms with E-state index >= 15 is 0 Å². The molecule has 6 aliphatic rings. The standard InChI is InChI=1S/C23H37N4O/c1-22-9-8-17-13(16(22)6-7-19(22)27(28)26-25-3)5-4-12-10-15-20(12)23(17,2)18-11-14(18)21(15)24/h12-21,26H,3-11,24H2,1-2H3/q-1/t12?,13?,14-,15+,16?,17?,18?,19?,20?,21?,22?,23?/m0/s1. The molecule has 12 atom stereocenters. The summed E-state index contributed by atoms with van der Waals surface area (Å²) < 4.78 is 0. The fourth-order valence-corrected chi connectivity index (χ4v) is 10.3. The second-order valence-corrected chi connectivity index (χ2v) is 11.8. The lowest BCUT2D eigenvalue weighted by Gasteiger charge is -2.63. The summed E-state index contributed by atoms with van der Waals surface area (Å²) >= 11 is 0. The second-order valence-electron chi connectivity index (χ2n) is 11.8. The molecule has 5 heteroatoms. The van der Waals surface area contributed by atoms with E-state index in [0.717, 1.165) is 53.0 Å². The predicted octanol–water partition coefficient (Wildman–Crippen LogP) is 3.75. The summed E-state index contributed by atoms with van der Waals surface area (Å²) in [6, 6.07) is 0.532. The molecule has 0 aromatic carbocycles. The van der Waals surface area contributed by atoms with Crippen LogP contribution in [0.4, 0.5) is 0 Å². The molecule has 0 aliphatic heterocycles. The van der Waals surface area contributed by atoms with Gasteiger partial charge in [0.15, 0.2) is 0 Å². The van der Waals surface area contributed by atoms with Crippen LogP contribution in [0.25, 0.3) is 0 Å². The number of hydrogen-bond donors (Lipinski definition) is 2. The minimum absolute atomic E-state index is 0.0398. The molecule has 28 heavy (non-hydrogen) atoms. The van der Waals surface area contributed by atoms with Crippen LogP contribution in [-0.2, 0) is 0 Å². The lowest BCUT2D eigenvalue weighted by Crippen LogP contribution is -2.61. The first kappa shape index (κ1) is 18.1. The Morgan fingerprint density at radius 2 is 1.82 bits per heavy atom. The number of hydroxylamine groups is 1. The van der Waals surface area contributed by atoms with Crippen LogP contribution < -0.4 is 11.3 Å². The maximum atomic E-state index is 12.6. The first-order valence-corrected chi connectivity index (χ1v) is 11.8. The van der Waals surface area contributed by atoms with Gasteiger partial charge in [-0.15, -0.1) is 0 Å². The van der Waals surface area contributed by atoms with Gasteiger partial charge in [0.2, 0.25) is 0 Å². The summed E-state index contributed by atoms with van der Waals surface area (Å²) in [5.41, 5.74) is 9.94. The molecule has 6 fully saturated rings. The van der Waals surface area contributed by atoms with Gasteiger partial charge in [0.25, 0.3) is 0 Å². The van der Waals surface area contributed by atoms with Gasteiger partial charge in [0.1, 0.15) is 0 Å². The van der Waals surface area contributed by atoms with Crippen molar-refractivity contribution in [2.24, 2.45) is 69.0 Å². The van der Waals surface area contributed by atoms with Crippen LogP contribution in [0.3, 0.4) is 0 Å². The Kier molecular flexibility index (Phi) is 3.71. The highest BCUT2D eigenvalue weighted by molar-refractivity contribution is 5.23. The largest absolute Gasteiger partial charge is 0.766 e. The molecule has 10 unspecified atom stereocenters. The molecule has 0 spiro atoms. The number of hydrogen-bond acceptors (Lipinski definition) is 5. The Morgan fingerprint density at radius 1 is 1.00 bits per heavy atom. The van der Waals surface area contributed by atoms with Gasteiger partial charge < -0.3 is 10.9 Å². The quantitative estimate of drug-likeness (QED) is 0.573. The average molecular weight is 386 g/mol. The summed E-state index contributed by atoms with van der Waals surface area (Å²) in [4.78, 5) is 0. The number of rotatable bonds is 3. The molecular formula is C23H37N4O-. The van der Waals surface area contributed by atoms with Crippen molar-refractivity contribution in [1.82, 2.24) is 10.7 Å². The molecular weight excluding hydrogens is 348 g/mol. The van der Waals surface area contributed by atoms with Gasteiger partial charge in [-0.2, -0.15) is 5.10 Å². The van der Waals surface area contributed by atoms with Gasteiger partial charge in [-0.25, -0.2) is 0 Å². The van der Waals surface area contributed by atoms with Crippen LogP contribution in [0.5, 0.6) is 0 Å².